The van der Waals surface area contributed by atoms with E-state index in [1.807, 2.05) is 6.07 Å². The predicted molar refractivity (Wildman–Crippen MR) is 173 cm³/mol. The SMILES string of the molecule is CCCCCCCCCCCCCCc1cccc(OCCCOC(=O)CCCC[N+](C)(C)Cc2ccccc2)c1. The smallest absolute Gasteiger partial charge is 0.305 e. The van der Waals surface area contributed by atoms with Gasteiger partial charge in [0, 0.05) is 18.4 Å². The van der Waals surface area contributed by atoms with E-state index >= 15 is 0 Å². The van der Waals surface area contributed by atoms with Crippen LogP contribution in [0.5, 0.6) is 5.75 Å². The first-order valence-corrected chi connectivity index (χ1v) is 16.7. The van der Waals surface area contributed by atoms with Crippen molar-refractivity contribution in [1.29, 1.82) is 0 Å². The maximum absolute atomic E-state index is 12.1. The van der Waals surface area contributed by atoms with E-state index < -0.39 is 0 Å². The molecule has 0 saturated carbocycles. The van der Waals surface area contributed by atoms with Gasteiger partial charge in [-0.25, -0.2) is 0 Å². The van der Waals surface area contributed by atoms with Crippen molar-refractivity contribution in [1.82, 2.24) is 0 Å². The van der Waals surface area contributed by atoms with Crippen molar-refractivity contribution in [2.24, 2.45) is 0 Å². The molecule has 0 heterocycles. The highest BCUT2D eigenvalue weighted by atomic mass is 16.5. The van der Waals surface area contributed by atoms with Gasteiger partial charge in [-0.2, -0.15) is 0 Å². The van der Waals surface area contributed by atoms with Gasteiger partial charge in [0.05, 0.1) is 33.9 Å². The largest absolute Gasteiger partial charge is 0.493 e. The molecule has 4 nitrogen and oxygen atoms in total. The van der Waals surface area contributed by atoms with E-state index in [1.165, 1.54) is 88.2 Å². The van der Waals surface area contributed by atoms with E-state index in [0.717, 1.165) is 49.0 Å². The van der Waals surface area contributed by atoms with Crippen LogP contribution in [-0.2, 0) is 22.5 Å². The quantitative estimate of drug-likeness (QED) is 0.0682. The predicted octanol–water partition coefficient (Wildman–Crippen LogP) is 9.69. The van der Waals surface area contributed by atoms with Crippen LogP contribution in [0.2, 0.25) is 0 Å². The third-order valence-electron chi connectivity index (χ3n) is 7.89. The molecule has 230 valence electrons. The molecule has 0 amide bonds. The lowest BCUT2D eigenvalue weighted by atomic mass is 10.0. The molecule has 4 heteroatoms. The molecule has 41 heavy (non-hydrogen) atoms. The number of ether oxygens (including phenoxy) is 2. The van der Waals surface area contributed by atoms with E-state index in [9.17, 15) is 4.79 Å². The lowest BCUT2D eigenvalue weighted by Gasteiger charge is -2.30. The zero-order valence-electron chi connectivity index (χ0n) is 26.7. The second-order valence-corrected chi connectivity index (χ2v) is 12.5. The van der Waals surface area contributed by atoms with E-state index in [-0.39, 0.29) is 5.97 Å². The molecule has 0 N–H and O–H groups in total. The van der Waals surface area contributed by atoms with E-state index in [0.29, 0.717) is 19.6 Å². The number of quaternary nitrogens is 1. The molecule has 0 atom stereocenters. The standard InChI is InChI=1S/C37H60NO3/c1-4-5-6-7-8-9-10-11-12-13-14-16-23-34-26-21-27-36(32-34)40-30-22-31-41-37(39)28-19-20-29-38(2,3)33-35-24-17-15-18-25-35/h15,17-18,21,24-27,32H,4-14,16,19-20,22-23,28-31,33H2,1-3H3/q+1. The first-order valence-electron chi connectivity index (χ1n) is 16.7. The van der Waals surface area contributed by atoms with E-state index in [4.69, 9.17) is 9.47 Å². The third-order valence-corrected chi connectivity index (χ3v) is 7.89. The molecule has 0 spiro atoms. The average molecular weight is 567 g/mol. The Bertz CT molecular complexity index is 911. The maximum Gasteiger partial charge on any atom is 0.305 e. The molecule has 2 aromatic carbocycles. The third kappa shape index (κ3) is 18.7. The summed E-state index contributed by atoms with van der Waals surface area (Å²) in [5.74, 6) is 0.826. The van der Waals surface area contributed by atoms with Crippen LogP contribution in [0.1, 0.15) is 121 Å². The van der Waals surface area contributed by atoms with Crippen molar-refractivity contribution in [3.05, 3.63) is 65.7 Å². The fourth-order valence-corrected chi connectivity index (χ4v) is 5.43. The molecular weight excluding hydrogens is 506 g/mol. The molecule has 2 rings (SSSR count). The van der Waals surface area contributed by atoms with Gasteiger partial charge in [-0.1, -0.05) is 120 Å². The van der Waals surface area contributed by atoms with Crippen LogP contribution in [0.4, 0.5) is 0 Å². The number of aryl methyl sites for hydroxylation is 1. The zero-order chi connectivity index (χ0) is 29.4. The summed E-state index contributed by atoms with van der Waals surface area (Å²) in [5.41, 5.74) is 2.71. The molecule has 0 bridgehead atoms. The maximum atomic E-state index is 12.1. The van der Waals surface area contributed by atoms with Gasteiger partial charge >= 0.3 is 5.97 Å². The van der Waals surface area contributed by atoms with Crippen LogP contribution >= 0.6 is 0 Å². The molecular formula is C37H60NO3+. The van der Waals surface area contributed by atoms with Crippen molar-refractivity contribution < 1.29 is 18.8 Å². The second-order valence-electron chi connectivity index (χ2n) is 12.5. The molecule has 0 aromatic heterocycles. The number of hydrogen-bond acceptors (Lipinski definition) is 3. The molecule has 0 fully saturated rings. The van der Waals surface area contributed by atoms with Gasteiger partial charge in [0.25, 0.3) is 0 Å². The van der Waals surface area contributed by atoms with Crippen molar-refractivity contribution in [2.45, 2.75) is 123 Å². The van der Waals surface area contributed by atoms with Crippen LogP contribution in [0.3, 0.4) is 0 Å². The van der Waals surface area contributed by atoms with Gasteiger partial charge < -0.3 is 14.0 Å². The fourth-order valence-electron chi connectivity index (χ4n) is 5.43. The van der Waals surface area contributed by atoms with Gasteiger partial charge in [0.1, 0.15) is 12.3 Å². The highest BCUT2D eigenvalue weighted by Gasteiger charge is 2.15. The van der Waals surface area contributed by atoms with E-state index in [1.54, 1.807) is 0 Å². The van der Waals surface area contributed by atoms with Crippen LogP contribution in [0.15, 0.2) is 54.6 Å². The minimum Gasteiger partial charge on any atom is -0.493 e. The Balaban J connectivity index is 1.44. The Labute approximate surface area is 252 Å². The minimum atomic E-state index is -0.0947. The lowest BCUT2D eigenvalue weighted by Crippen LogP contribution is -2.39. The Morgan fingerprint density at radius 1 is 0.659 bits per heavy atom. The highest BCUT2D eigenvalue weighted by Crippen LogP contribution is 2.17. The Morgan fingerprint density at radius 3 is 1.98 bits per heavy atom. The summed E-state index contributed by atoms with van der Waals surface area (Å²) in [6.07, 6.45) is 20.8. The van der Waals surface area contributed by atoms with Gasteiger partial charge in [0.15, 0.2) is 0 Å². The molecule has 2 aromatic rings. The van der Waals surface area contributed by atoms with Crippen LogP contribution in [-0.4, -0.2) is 44.3 Å². The van der Waals surface area contributed by atoms with Gasteiger partial charge in [-0.3, -0.25) is 4.79 Å². The van der Waals surface area contributed by atoms with Crippen LogP contribution in [0.25, 0.3) is 0 Å². The normalized spacial score (nSPS) is 11.5. The number of carbonyl (C=O) groups is 1. The first-order chi connectivity index (χ1) is 20.0. The molecule has 0 unspecified atom stereocenters. The van der Waals surface area contributed by atoms with Crippen molar-refractivity contribution in [3.63, 3.8) is 0 Å². The molecule has 0 aliphatic carbocycles. The lowest BCUT2D eigenvalue weighted by molar-refractivity contribution is -0.903. The highest BCUT2D eigenvalue weighted by molar-refractivity contribution is 5.69. The summed E-state index contributed by atoms with van der Waals surface area (Å²) in [6, 6.07) is 19.1. The Morgan fingerprint density at radius 2 is 1.29 bits per heavy atom. The summed E-state index contributed by atoms with van der Waals surface area (Å²) in [5, 5.41) is 0. The summed E-state index contributed by atoms with van der Waals surface area (Å²) in [6.45, 7) is 5.33. The molecule has 0 aliphatic rings. The summed E-state index contributed by atoms with van der Waals surface area (Å²) >= 11 is 0. The van der Waals surface area contributed by atoms with Gasteiger partial charge in [-0.15, -0.1) is 0 Å². The molecule has 0 aliphatic heterocycles. The van der Waals surface area contributed by atoms with Gasteiger partial charge in [-0.05, 0) is 43.4 Å². The second kappa shape index (κ2) is 22.3. The fraction of sp³-hybridized carbons (Fsp3) is 0.649. The monoisotopic (exact) mass is 566 g/mol. The van der Waals surface area contributed by atoms with Crippen molar-refractivity contribution in [2.75, 3.05) is 33.9 Å². The number of hydrogen-bond donors (Lipinski definition) is 0. The minimum absolute atomic E-state index is 0.0947. The first kappa shape index (κ1) is 34.9. The van der Waals surface area contributed by atoms with Gasteiger partial charge in [0.2, 0.25) is 0 Å². The number of esters is 1. The number of carbonyl (C=O) groups excluding carboxylic acids is 1. The summed E-state index contributed by atoms with van der Waals surface area (Å²) in [7, 11) is 4.50. The Hall–Kier alpha value is -2.33. The topological polar surface area (TPSA) is 35.5 Å². The summed E-state index contributed by atoms with van der Waals surface area (Å²) in [4.78, 5) is 12.1. The van der Waals surface area contributed by atoms with Crippen molar-refractivity contribution >= 4 is 5.97 Å². The van der Waals surface area contributed by atoms with E-state index in [2.05, 4.69) is 69.6 Å². The zero-order valence-corrected chi connectivity index (χ0v) is 26.7. The molecule has 0 saturated heterocycles. The Kier molecular flexibility index (Phi) is 19.0. The van der Waals surface area contributed by atoms with Crippen LogP contribution < -0.4 is 4.74 Å². The van der Waals surface area contributed by atoms with Crippen LogP contribution in [0, 0.1) is 0 Å². The number of nitrogens with zero attached hydrogens (tertiary/aromatic N) is 1. The number of benzene rings is 2. The number of unbranched alkanes of at least 4 members (excludes halogenated alkanes) is 12. The van der Waals surface area contributed by atoms with Crippen molar-refractivity contribution in [3.8, 4) is 5.75 Å². The molecule has 0 radical (unpaired) electrons. The average Bonchev–Trinajstić information content (AvgIpc) is 2.96. The summed E-state index contributed by atoms with van der Waals surface area (Å²) < 4.78 is 12.3. The number of rotatable bonds is 25.